The molecule has 0 aliphatic carbocycles. The van der Waals surface area contributed by atoms with Gasteiger partial charge in [0.2, 0.25) is 5.91 Å². The van der Waals surface area contributed by atoms with Crippen LogP contribution in [0.15, 0.2) is 51.6 Å². The predicted octanol–water partition coefficient (Wildman–Crippen LogP) is 4.03. The molecule has 1 amide bonds. The van der Waals surface area contributed by atoms with Crippen LogP contribution in [0.3, 0.4) is 0 Å². The lowest BCUT2D eigenvalue weighted by Crippen LogP contribution is -2.45. The van der Waals surface area contributed by atoms with Gasteiger partial charge in [0.25, 0.3) is 0 Å². The van der Waals surface area contributed by atoms with Gasteiger partial charge < -0.3 is 19.4 Å². The fourth-order valence-corrected chi connectivity index (χ4v) is 5.80. The predicted molar refractivity (Wildman–Crippen MR) is 132 cm³/mol. The monoisotopic (exact) mass is 488 g/mol. The van der Waals surface area contributed by atoms with E-state index >= 15 is 0 Å². The van der Waals surface area contributed by atoms with E-state index in [0.29, 0.717) is 16.3 Å². The second-order valence-corrected chi connectivity index (χ2v) is 9.87. The number of amidine groups is 1. The van der Waals surface area contributed by atoms with E-state index in [9.17, 15) is 9.59 Å². The van der Waals surface area contributed by atoms with E-state index in [0.717, 1.165) is 42.4 Å². The molecule has 4 rings (SSSR count). The van der Waals surface area contributed by atoms with Crippen molar-refractivity contribution in [2.24, 2.45) is 4.99 Å². The number of carbonyl (C=O) groups excluding carboxylic acids is 2. The topological polar surface area (TPSA) is 65.5 Å². The Labute approximate surface area is 204 Å². The summed E-state index contributed by atoms with van der Waals surface area (Å²) in [7, 11) is 5.36. The molecule has 1 aromatic rings. The normalized spacial score (nSPS) is 21.5. The van der Waals surface area contributed by atoms with Gasteiger partial charge in [0.15, 0.2) is 5.17 Å². The highest BCUT2D eigenvalue weighted by Gasteiger charge is 2.42. The van der Waals surface area contributed by atoms with Crippen LogP contribution in [-0.2, 0) is 14.3 Å². The Balaban J connectivity index is 1.63. The van der Waals surface area contributed by atoms with Crippen LogP contribution in [-0.4, -0.2) is 72.1 Å². The average molecular weight is 489 g/mol. The fraction of sp³-hybridized carbons (Fsp3) is 0.458. The third-order valence-electron chi connectivity index (χ3n) is 6.57. The standard InChI is InChI=1S/C24H29ClN4O3S/c1-15-21(23(31)32-4)22(18-7-5-6-8-19(18)25)29-17(14-33-24(29)26-15)13-20(30)28(3)16-9-11-27(2)12-10-16/h5-8,14,16,22H,9-13H2,1-4H3. The van der Waals surface area contributed by atoms with E-state index in [1.165, 1.54) is 18.9 Å². The Bertz CT molecular complexity index is 1050. The van der Waals surface area contributed by atoms with Gasteiger partial charge in [0, 0.05) is 23.8 Å². The van der Waals surface area contributed by atoms with Crippen molar-refractivity contribution in [1.29, 1.82) is 0 Å². The number of carbonyl (C=O) groups is 2. The number of hydrogen-bond donors (Lipinski definition) is 0. The maximum Gasteiger partial charge on any atom is 0.338 e. The largest absolute Gasteiger partial charge is 0.466 e. The van der Waals surface area contributed by atoms with E-state index < -0.39 is 12.0 Å². The van der Waals surface area contributed by atoms with Crippen molar-refractivity contribution in [3.63, 3.8) is 0 Å². The van der Waals surface area contributed by atoms with E-state index in [4.69, 9.17) is 16.3 Å². The van der Waals surface area contributed by atoms with Crippen molar-refractivity contribution in [2.45, 2.75) is 38.3 Å². The van der Waals surface area contributed by atoms with Gasteiger partial charge in [0.05, 0.1) is 30.8 Å². The second kappa shape index (κ2) is 9.91. The van der Waals surface area contributed by atoms with Gasteiger partial charge in [-0.2, -0.15) is 0 Å². The summed E-state index contributed by atoms with van der Waals surface area (Å²) in [6.07, 6.45) is 2.17. The number of nitrogens with zero attached hydrogens (tertiary/aromatic N) is 4. The first-order valence-electron chi connectivity index (χ1n) is 11.0. The van der Waals surface area contributed by atoms with Crippen molar-refractivity contribution in [2.75, 3.05) is 34.3 Å². The number of halogens is 1. The Morgan fingerprint density at radius 1 is 1.27 bits per heavy atom. The highest BCUT2D eigenvalue weighted by Crippen LogP contribution is 2.46. The summed E-state index contributed by atoms with van der Waals surface area (Å²) in [5, 5.41) is 3.23. The van der Waals surface area contributed by atoms with Crippen molar-refractivity contribution in [3.8, 4) is 0 Å². The van der Waals surface area contributed by atoms with Crippen LogP contribution in [0.4, 0.5) is 0 Å². The number of piperidine rings is 1. The number of allylic oxidation sites excluding steroid dienone is 1. The first-order chi connectivity index (χ1) is 15.8. The molecule has 3 aliphatic rings. The molecular weight excluding hydrogens is 460 g/mol. The minimum absolute atomic E-state index is 0.0569. The lowest BCUT2D eigenvalue weighted by molar-refractivity contribution is -0.136. The SMILES string of the molecule is COC(=O)C1=C(C)N=C2SC=C(CC(=O)N(C)C3CCN(C)CC3)N2C1c1ccccc1Cl. The van der Waals surface area contributed by atoms with Crippen LogP contribution >= 0.6 is 23.4 Å². The molecule has 0 spiro atoms. The number of likely N-dealkylation sites (tertiary alicyclic amines) is 1. The van der Waals surface area contributed by atoms with E-state index in [-0.39, 0.29) is 18.4 Å². The van der Waals surface area contributed by atoms with Crippen molar-refractivity contribution >= 4 is 40.4 Å². The molecule has 176 valence electrons. The van der Waals surface area contributed by atoms with Crippen LogP contribution in [0.25, 0.3) is 0 Å². The lowest BCUT2D eigenvalue weighted by Gasteiger charge is -2.38. The molecule has 1 atom stereocenters. The van der Waals surface area contributed by atoms with Gasteiger partial charge in [-0.3, -0.25) is 4.79 Å². The Hall–Kier alpha value is -2.29. The maximum atomic E-state index is 13.3. The van der Waals surface area contributed by atoms with Gasteiger partial charge in [-0.15, -0.1) is 0 Å². The zero-order chi connectivity index (χ0) is 23.7. The molecule has 0 aromatic heterocycles. The number of benzene rings is 1. The lowest BCUT2D eigenvalue weighted by atomic mass is 9.93. The van der Waals surface area contributed by atoms with Gasteiger partial charge in [-0.1, -0.05) is 41.6 Å². The molecule has 3 heterocycles. The summed E-state index contributed by atoms with van der Waals surface area (Å²) >= 11 is 8.04. The number of thioether (sulfide) groups is 1. The van der Waals surface area contributed by atoms with Crippen LogP contribution in [0.1, 0.15) is 37.8 Å². The minimum Gasteiger partial charge on any atom is -0.466 e. The van der Waals surface area contributed by atoms with E-state index in [2.05, 4.69) is 16.9 Å². The van der Waals surface area contributed by atoms with Gasteiger partial charge >= 0.3 is 5.97 Å². The van der Waals surface area contributed by atoms with Crippen molar-refractivity contribution in [3.05, 3.63) is 57.2 Å². The number of rotatable bonds is 5. The third-order valence-corrected chi connectivity index (χ3v) is 7.80. The molecule has 0 radical (unpaired) electrons. The smallest absolute Gasteiger partial charge is 0.338 e. The molecule has 9 heteroatoms. The van der Waals surface area contributed by atoms with Crippen LogP contribution in [0.5, 0.6) is 0 Å². The Morgan fingerprint density at radius 2 is 1.97 bits per heavy atom. The number of aliphatic imine (C=N–C) groups is 1. The number of methoxy groups -OCH3 is 1. The van der Waals surface area contributed by atoms with Crippen LogP contribution in [0, 0.1) is 0 Å². The zero-order valence-corrected chi connectivity index (χ0v) is 20.9. The quantitative estimate of drug-likeness (QED) is 0.583. The summed E-state index contributed by atoms with van der Waals surface area (Å²) in [5.74, 6) is -0.396. The summed E-state index contributed by atoms with van der Waals surface area (Å²) in [6.45, 7) is 3.79. The number of fused-ring (bicyclic) bond motifs is 1. The molecule has 1 unspecified atom stereocenters. The van der Waals surface area contributed by atoms with Crippen molar-refractivity contribution < 1.29 is 14.3 Å². The summed E-state index contributed by atoms with van der Waals surface area (Å²) in [6, 6.07) is 7.18. The summed E-state index contributed by atoms with van der Waals surface area (Å²) < 4.78 is 5.10. The molecule has 33 heavy (non-hydrogen) atoms. The van der Waals surface area contributed by atoms with E-state index in [1.807, 2.05) is 40.5 Å². The average Bonchev–Trinajstić information content (AvgIpc) is 3.20. The Morgan fingerprint density at radius 3 is 2.64 bits per heavy atom. The summed E-state index contributed by atoms with van der Waals surface area (Å²) in [5.41, 5.74) is 2.60. The fourth-order valence-electron chi connectivity index (χ4n) is 4.60. The first-order valence-corrected chi connectivity index (χ1v) is 12.3. The zero-order valence-electron chi connectivity index (χ0n) is 19.4. The minimum atomic E-state index is -0.513. The highest BCUT2D eigenvalue weighted by molar-refractivity contribution is 8.16. The second-order valence-electron chi connectivity index (χ2n) is 8.62. The van der Waals surface area contributed by atoms with Gasteiger partial charge in [0.1, 0.15) is 0 Å². The number of esters is 1. The van der Waals surface area contributed by atoms with E-state index in [1.54, 1.807) is 13.0 Å². The molecule has 3 aliphatic heterocycles. The van der Waals surface area contributed by atoms with Crippen LogP contribution < -0.4 is 0 Å². The van der Waals surface area contributed by atoms with Crippen LogP contribution in [0.2, 0.25) is 5.02 Å². The van der Waals surface area contributed by atoms with Gasteiger partial charge in [-0.05, 0) is 56.9 Å². The molecule has 0 N–H and O–H groups in total. The molecule has 1 aromatic carbocycles. The first kappa shape index (κ1) is 23.9. The number of amides is 1. The molecule has 1 saturated heterocycles. The molecule has 7 nitrogen and oxygen atoms in total. The number of hydrogen-bond acceptors (Lipinski definition) is 7. The molecular formula is C24H29ClN4O3S. The maximum absolute atomic E-state index is 13.3. The third kappa shape index (κ3) is 4.69. The number of ether oxygens (including phenoxy) is 1. The van der Waals surface area contributed by atoms with Crippen molar-refractivity contribution in [1.82, 2.24) is 14.7 Å². The Kier molecular flexibility index (Phi) is 7.16. The van der Waals surface area contributed by atoms with Gasteiger partial charge in [-0.25, -0.2) is 9.79 Å². The molecule has 0 bridgehead atoms. The highest BCUT2D eigenvalue weighted by atomic mass is 35.5. The summed E-state index contributed by atoms with van der Waals surface area (Å²) in [4.78, 5) is 36.9. The molecule has 1 fully saturated rings. The molecule has 0 saturated carbocycles.